The van der Waals surface area contributed by atoms with E-state index in [9.17, 15) is 23.3 Å². The lowest BCUT2D eigenvalue weighted by Gasteiger charge is -2.13. The van der Waals surface area contributed by atoms with Crippen LogP contribution in [0.3, 0.4) is 0 Å². The molecule has 4 rings (SSSR count). The van der Waals surface area contributed by atoms with E-state index >= 15 is 0 Å². The average molecular weight is 387 g/mol. The standard InChI is InChI=1S/C18H12F3N5O2/c1-11-10-16(25(23-11)12-6-8-13(9-7-12)26(27)28)24-15-5-3-2-4-14(15)22-17(24)18(19,20)21/h2-10H,1H3. The summed E-state index contributed by atoms with van der Waals surface area (Å²) in [5.41, 5.74) is 1.22. The zero-order valence-electron chi connectivity index (χ0n) is 14.4. The highest BCUT2D eigenvalue weighted by molar-refractivity contribution is 5.78. The van der Waals surface area contributed by atoms with Crippen molar-refractivity contribution in [2.45, 2.75) is 13.1 Å². The quantitative estimate of drug-likeness (QED) is 0.384. The monoisotopic (exact) mass is 387 g/mol. The summed E-state index contributed by atoms with van der Waals surface area (Å²) in [7, 11) is 0. The summed E-state index contributed by atoms with van der Waals surface area (Å²) in [5, 5.41) is 15.1. The van der Waals surface area contributed by atoms with Gasteiger partial charge in [0.05, 0.1) is 27.3 Å². The number of non-ortho nitro benzene ring substituents is 1. The average Bonchev–Trinajstić information content (AvgIpc) is 3.22. The molecule has 0 aliphatic carbocycles. The third kappa shape index (κ3) is 2.88. The summed E-state index contributed by atoms with van der Waals surface area (Å²) < 4.78 is 43.3. The number of rotatable bonds is 3. The number of aromatic nitrogens is 4. The predicted molar refractivity (Wildman–Crippen MR) is 94.6 cm³/mol. The van der Waals surface area contributed by atoms with Crippen molar-refractivity contribution in [3.63, 3.8) is 0 Å². The molecule has 2 heterocycles. The molecular formula is C18H12F3N5O2. The number of halogens is 3. The van der Waals surface area contributed by atoms with E-state index in [0.29, 0.717) is 11.4 Å². The number of aryl methyl sites for hydroxylation is 1. The van der Waals surface area contributed by atoms with Gasteiger partial charge in [-0.2, -0.15) is 18.3 Å². The van der Waals surface area contributed by atoms with Gasteiger partial charge < -0.3 is 0 Å². The maximum absolute atomic E-state index is 13.7. The predicted octanol–water partition coefficient (Wildman–Crippen LogP) is 4.45. The van der Waals surface area contributed by atoms with Crippen LogP contribution in [-0.2, 0) is 6.18 Å². The van der Waals surface area contributed by atoms with E-state index in [-0.39, 0.29) is 22.5 Å². The Morgan fingerprint density at radius 2 is 1.75 bits per heavy atom. The smallest absolute Gasteiger partial charge is 0.273 e. The minimum Gasteiger partial charge on any atom is -0.273 e. The second-order valence-corrected chi connectivity index (χ2v) is 6.09. The van der Waals surface area contributed by atoms with Crippen LogP contribution in [0.5, 0.6) is 0 Å². The Morgan fingerprint density at radius 1 is 1.07 bits per heavy atom. The number of fused-ring (bicyclic) bond motifs is 1. The van der Waals surface area contributed by atoms with Gasteiger partial charge in [-0.3, -0.25) is 14.7 Å². The Hall–Kier alpha value is -3.69. The van der Waals surface area contributed by atoms with Crippen molar-refractivity contribution >= 4 is 16.7 Å². The first kappa shape index (κ1) is 17.7. The molecule has 0 N–H and O–H groups in total. The molecule has 0 unspecified atom stereocenters. The molecule has 0 aliphatic heterocycles. The molecule has 0 aliphatic rings. The number of nitrogens with zero attached hydrogens (tertiary/aromatic N) is 5. The van der Waals surface area contributed by atoms with Gasteiger partial charge in [0.25, 0.3) is 5.69 Å². The molecule has 4 aromatic rings. The van der Waals surface area contributed by atoms with E-state index in [2.05, 4.69) is 10.1 Å². The Labute approximate surface area is 155 Å². The van der Waals surface area contributed by atoms with Gasteiger partial charge in [-0.1, -0.05) is 12.1 Å². The van der Waals surface area contributed by atoms with E-state index in [1.165, 1.54) is 41.1 Å². The molecule has 0 radical (unpaired) electrons. The first-order chi connectivity index (χ1) is 13.3. The molecular weight excluding hydrogens is 375 g/mol. The molecule has 0 amide bonds. The molecule has 2 aromatic heterocycles. The van der Waals surface area contributed by atoms with E-state index in [1.54, 1.807) is 25.1 Å². The summed E-state index contributed by atoms with van der Waals surface area (Å²) in [4.78, 5) is 14.1. The van der Waals surface area contributed by atoms with Crippen LogP contribution >= 0.6 is 0 Å². The van der Waals surface area contributed by atoms with Crippen molar-refractivity contribution in [1.29, 1.82) is 0 Å². The molecule has 0 spiro atoms. The number of hydrogen-bond acceptors (Lipinski definition) is 4. The second kappa shape index (κ2) is 6.19. The summed E-state index contributed by atoms with van der Waals surface area (Å²) in [5.74, 6) is -0.941. The maximum atomic E-state index is 13.7. The Morgan fingerprint density at radius 3 is 2.39 bits per heavy atom. The summed E-state index contributed by atoms with van der Waals surface area (Å²) >= 11 is 0. The van der Waals surface area contributed by atoms with Crippen LogP contribution in [0.4, 0.5) is 18.9 Å². The minimum absolute atomic E-state index is 0.127. The maximum Gasteiger partial charge on any atom is 0.450 e. The molecule has 28 heavy (non-hydrogen) atoms. The third-order valence-electron chi connectivity index (χ3n) is 4.16. The summed E-state index contributed by atoms with van der Waals surface area (Å²) in [6.45, 7) is 1.65. The van der Waals surface area contributed by atoms with Crippen LogP contribution in [0.1, 0.15) is 11.5 Å². The number of para-hydroxylation sites is 2. The van der Waals surface area contributed by atoms with Crippen LogP contribution in [0.25, 0.3) is 22.5 Å². The summed E-state index contributed by atoms with van der Waals surface area (Å²) in [6, 6.07) is 13.2. The zero-order chi connectivity index (χ0) is 20.1. The third-order valence-corrected chi connectivity index (χ3v) is 4.16. The van der Waals surface area contributed by atoms with Gasteiger partial charge in [-0.25, -0.2) is 9.67 Å². The topological polar surface area (TPSA) is 78.8 Å². The molecule has 7 nitrogen and oxygen atoms in total. The normalized spacial score (nSPS) is 11.9. The second-order valence-electron chi connectivity index (χ2n) is 6.09. The number of nitro benzene ring substituents is 1. The molecule has 2 aromatic carbocycles. The number of nitro groups is 1. The SMILES string of the molecule is Cc1cc(-n2c(C(F)(F)F)nc3ccccc32)n(-c2ccc([N+](=O)[O-])cc2)n1. The van der Waals surface area contributed by atoms with Crippen molar-refractivity contribution in [3.05, 3.63) is 76.2 Å². The lowest BCUT2D eigenvalue weighted by atomic mass is 10.3. The first-order valence-electron chi connectivity index (χ1n) is 8.12. The highest BCUT2D eigenvalue weighted by atomic mass is 19.4. The van der Waals surface area contributed by atoms with Gasteiger partial charge in [-0.05, 0) is 31.2 Å². The molecule has 0 saturated carbocycles. The lowest BCUT2D eigenvalue weighted by molar-refractivity contribution is -0.384. The van der Waals surface area contributed by atoms with Crippen LogP contribution in [0.2, 0.25) is 0 Å². The lowest BCUT2D eigenvalue weighted by Crippen LogP contribution is -2.16. The van der Waals surface area contributed by atoms with Crippen LogP contribution in [-0.4, -0.2) is 24.3 Å². The van der Waals surface area contributed by atoms with Crippen molar-refractivity contribution in [1.82, 2.24) is 19.3 Å². The summed E-state index contributed by atoms with van der Waals surface area (Å²) in [6.07, 6.45) is -4.68. The van der Waals surface area contributed by atoms with Gasteiger partial charge in [-0.15, -0.1) is 0 Å². The fourth-order valence-corrected chi connectivity index (χ4v) is 3.00. The van der Waals surface area contributed by atoms with E-state index in [0.717, 1.165) is 4.57 Å². The van der Waals surface area contributed by atoms with Crippen molar-refractivity contribution in [2.75, 3.05) is 0 Å². The van der Waals surface area contributed by atoms with Gasteiger partial charge in [0.1, 0.15) is 5.82 Å². The number of hydrogen-bond donors (Lipinski definition) is 0. The van der Waals surface area contributed by atoms with E-state index in [1.807, 2.05) is 0 Å². The van der Waals surface area contributed by atoms with E-state index in [4.69, 9.17) is 0 Å². The Kier molecular flexibility index (Phi) is 3.91. The molecule has 0 atom stereocenters. The zero-order valence-corrected chi connectivity index (χ0v) is 14.4. The Bertz CT molecular complexity index is 1190. The highest BCUT2D eigenvalue weighted by Gasteiger charge is 2.38. The van der Waals surface area contributed by atoms with Gasteiger partial charge in [0.2, 0.25) is 5.82 Å². The van der Waals surface area contributed by atoms with Gasteiger partial charge in [0, 0.05) is 18.2 Å². The van der Waals surface area contributed by atoms with Gasteiger partial charge >= 0.3 is 6.18 Å². The fraction of sp³-hybridized carbons (Fsp3) is 0.111. The molecule has 0 bridgehead atoms. The van der Waals surface area contributed by atoms with Crippen molar-refractivity contribution < 1.29 is 18.1 Å². The molecule has 142 valence electrons. The highest BCUT2D eigenvalue weighted by Crippen LogP contribution is 2.34. The molecule has 10 heteroatoms. The van der Waals surface area contributed by atoms with E-state index < -0.39 is 16.9 Å². The number of alkyl halides is 3. The van der Waals surface area contributed by atoms with Crippen LogP contribution in [0, 0.1) is 17.0 Å². The molecule has 0 fully saturated rings. The number of benzene rings is 2. The van der Waals surface area contributed by atoms with Crippen LogP contribution < -0.4 is 0 Å². The largest absolute Gasteiger partial charge is 0.450 e. The fourth-order valence-electron chi connectivity index (χ4n) is 3.00. The van der Waals surface area contributed by atoms with Crippen molar-refractivity contribution in [2.24, 2.45) is 0 Å². The first-order valence-corrected chi connectivity index (χ1v) is 8.12. The number of imidazole rings is 1. The van der Waals surface area contributed by atoms with Crippen molar-refractivity contribution in [3.8, 4) is 11.5 Å². The van der Waals surface area contributed by atoms with Crippen LogP contribution in [0.15, 0.2) is 54.6 Å². The molecule has 0 saturated heterocycles. The minimum atomic E-state index is -4.68. The Balaban J connectivity index is 1.98. The van der Waals surface area contributed by atoms with Gasteiger partial charge in [0.15, 0.2) is 0 Å².